The molecule has 0 atom stereocenters. The Kier molecular flexibility index (Phi) is 6.09. The van der Waals surface area contributed by atoms with Crippen LogP contribution in [0.15, 0.2) is 41.3 Å². The predicted molar refractivity (Wildman–Crippen MR) is 116 cm³/mol. The van der Waals surface area contributed by atoms with Crippen LogP contribution in [-0.4, -0.2) is 23.9 Å². The molecule has 0 aromatic heterocycles. The van der Waals surface area contributed by atoms with Crippen molar-refractivity contribution in [3.63, 3.8) is 0 Å². The first-order chi connectivity index (χ1) is 12.9. The zero-order chi connectivity index (χ0) is 19.6. The number of amides is 1. The second kappa shape index (κ2) is 8.33. The standard InChI is InChI=1S/C20H18ClNO3S2/c1-4-25-16-8-6-13(9-17(16)24-3)10-18-19(23)22(20(26)27-18)14-7-5-12(2)15(21)11-14/h5-11H,4H2,1-3H3/b18-10-. The average Bonchev–Trinajstić information content (AvgIpc) is 2.92. The summed E-state index contributed by atoms with van der Waals surface area (Å²) in [5, 5.41) is 0.599. The minimum Gasteiger partial charge on any atom is -0.493 e. The van der Waals surface area contributed by atoms with Crippen molar-refractivity contribution in [2.24, 2.45) is 0 Å². The fourth-order valence-corrected chi connectivity index (χ4v) is 4.09. The molecule has 2 aromatic rings. The zero-order valence-electron chi connectivity index (χ0n) is 15.1. The molecule has 7 heteroatoms. The quantitative estimate of drug-likeness (QED) is 0.475. The summed E-state index contributed by atoms with van der Waals surface area (Å²) in [6.45, 7) is 4.37. The summed E-state index contributed by atoms with van der Waals surface area (Å²) in [6.07, 6.45) is 1.80. The molecule has 0 radical (unpaired) electrons. The number of hydrogen-bond donors (Lipinski definition) is 0. The lowest BCUT2D eigenvalue weighted by Gasteiger charge is -2.15. The van der Waals surface area contributed by atoms with Crippen LogP contribution in [0.3, 0.4) is 0 Å². The Morgan fingerprint density at radius 1 is 1.22 bits per heavy atom. The number of ether oxygens (including phenoxy) is 2. The molecule has 3 rings (SSSR count). The fraction of sp³-hybridized carbons (Fsp3) is 0.200. The van der Waals surface area contributed by atoms with E-state index in [1.165, 1.54) is 16.7 Å². The van der Waals surface area contributed by atoms with Gasteiger partial charge in [-0.15, -0.1) is 0 Å². The van der Waals surface area contributed by atoms with Crippen molar-refractivity contribution in [1.82, 2.24) is 0 Å². The van der Waals surface area contributed by atoms with Crippen molar-refractivity contribution in [2.75, 3.05) is 18.6 Å². The molecule has 0 saturated carbocycles. The summed E-state index contributed by atoms with van der Waals surface area (Å²) in [7, 11) is 1.59. The van der Waals surface area contributed by atoms with E-state index in [0.29, 0.717) is 38.0 Å². The number of rotatable bonds is 5. The number of aryl methyl sites for hydroxylation is 1. The van der Waals surface area contributed by atoms with Crippen molar-refractivity contribution >= 4 is 57.6 Å². The van der Waals surface area contributed by atoms with Gasteiger partial charge in [0.1, 0.15) is 0 Å². The van der Waals surface area contributed by atoms with E-state index in [4.69, 9.17) is 33.3 Å². The first-order valence-electron chi connectivity index (χ1n) is 8.29. The summed E-state index contributed by atoms with van der Waals surface area (Å²) in [4.78, 5) is 14.9. The topological polar surface area (TPSA) is 38.8 Å². The summed E-state index contributed by atoms with van der Waals surface area (Å²) in [6, 6.07) is 11.0. The minimum atomic E-state index is -0.169. The normalized spacial score (nSPS) is 15.6. The molecule has 1 saturated heterocycles. The second-order valence-corrected chi connectivity index (χ2v) is 7.88. The van der Waals surface area contributed by atoms with E-state index < -0.39 is 0 Å². The summed E-state index contributed by atoms with van der Waals surface area (Å²) < 4.78 is 11.4. The molecule has 1 heterocycles. The first kappa shape index (κ1) is 19.7. The lowest BCUT2D eigenvalue weighted by Crippen LogP contribution is -2.27. The monoisotopic (exact) mass is 419 g/mol. The van der Waals surface area contributed by atoms with Gasteiger partial charge in [0.05, 0.1) is 24.3 Å². The molecule has 1 fully saturated rings. The van der Waals surface area contributed by atoms with Gasteiger partial charge in [-0.1, -0.05) is 47.7 Å². The van der Waals surface area contributed by atoms with Gasteiger partial charge in [0.15, 0.2) is 15.8 Å². The smallest absolute Gasteiger partial charge is 0.270 e. The van der Waals surface area contributed by atoms with Gasteiger partial charge in [-0.25, -0.2) is 0 Å². The van der Waals surface area contributed by atoms with E-state index in [-0.39, 0.29) is 5.91 Å². The molecule has 1 amide bonds. The molecule has 0 aliphatic carbocycles. The molecule has 140 valence electrons. The summed E-state index contributed by atoms with van der Waals surface area (Å²) in [5.74, 6) is 1.11. The first-order valence-corrected chi connectivity index (χ1v) is 9.89. The number of carbonyl (C=O) groups excluding carboxylic acids is 1. The summed E-state index contributed by atoms with van der Waals surface area (Å²) in [5.41, 5.74) is 2.45. The number of carbonyl (C=O) groups is 1. The highest BCUT2D eigenvalue weighted by atomic mass is 35.5. The van der Waals surface area contributed by atoms with Crippen LogP contribution in [0, 0.1) is 6.92 Å². The van der Waals surface area contributed by atoms with Gasteiger partial charge in [0.2, 0.25) is 0 Å². The number of halogens is 1. The number of anilines is 1. The third-order valence-electron chi connectivity index (χ3n) is 3.99. The SMILES string of the molecule is CCOc1ccc(/C=C2\SC(=S)N(c3ccc(C)c(Cl)c3)C2=O)cc1OC. The van der Waals surface area contributed by atoms with Crippen LogP contribution in [0.2, 0.25) is 5.02 Å². The van der Waals surface area contributed by atoms with Crippen LogP contribution in [0.5, 0.6) is 11.5 Å². The van der Waals surface area contributed by atoms with Crippen molar-refractivity contribution in [3.8, 4) is 11.5 Å². The van der Waals surface area contributed by atoms with E-state index in [1.54, 1.807) is 19.3 Å². The maximum Gasteiger partial charge on any atom is 0.270 e. The van der Waals surface area contributed by atoms with Gasteiger partial charge < -0.3 is 9.47 Å². The van der Waals surface area contributed by atoms with Crippen LogP contribution < -0.4 is 14.4 Å². The Morgan fingerprint density at radius 2 is 2.00 bits per heavy atom. The van der Waals surface area contributed by atoms with Crippen molar-refractivity contribution in [1.29, 1.82) is 0 Å². The molecule has 0 unspecified atom stereocenters. The number of benzene rings is 2. The Morgan fingerprint density at radius 3 is 2.67 bits per heavy atom. The largest absolute Gasteiger partial charge is 0.493 e. The lowest BCUT2D eigenvalue weighted by atomic mass is 10.1. The Bertz CT molecular complexity index is 943. The number of nitrogens with zero attached hydrogens (tertiary/aromatic N) is 1. The van der Waals surface area contributed by atoms with Crippen LogP contribution in [0.25, 0.3) is 6.08 Å². The molecule has 27 heavy (non-hydrogen) atoms. The molecule has 0 bridgehead atoms. The third-order valence-corrected chi connectivity index (χ3v) is 5.70. The fourth-order valence-electron chi connectivity index (χ4n) is 2.61. The number of thiocarbonyl (C=S) groups is 1. The van der Waals surface area contributed by atoms with Crippen LogP contribution in [0.1, 0.15) is 18.1 Å². The van der Waals surface area contributed by atoms with Gasteiger partial charge in [-0.3, -0.25) is 9.69 Å². The molecule has 4 nitrogen and oxygen atoms in total. The molecular formula is C20H18ClNO3S2. The van der Waals surface area contributed by atoms with Gasteiger partial charge in [-0.2, -0.15) is 0 Å². The highest BCUT2D eigenvalue weighted by molar-refractivity contribution is 8.27. The van der Waals surface area contributed by atoms with Gasteiger partial charge >= 0.3 is 0 Å². The Hall–Kier alpha value is -2.02. The highest BCUT2D eigenvalue weighted by Gasteiger charge is 2.33. The number of hydrogen-bond acceptors (Lipinski definition) is 5. The molecular weight excluding hydrogens is 402 g/mol. The number of thioether (sulfide) groups is 1. The van der Waals surface area contributed by atoms with E-state index in [0.717, 1.165) is 11.1 Å². The van der Waals surface area contributed by atoms with Gasteiger partial charge in [0, 0.05) is 5.02 Å². The Balaban J connectivity index is 1.91. The molecule has 0 spiro atoms. The maximum absolute atomic E-state index is 12.9. The lowest BCUT2D eigenvalue weighted by molar-refractivity contribution is -0.113. The van der Waals surface area contributed by atoms with Crippen LogP contribution in [-0.2, 0) is 4.79 Å². The maximum atomic E-state index is 12.9. The average molecular weight is 420 g/mol. The van der Waals surface area contributed by atoms with Gasteiger partial charge in [0.25, 0.3) is 5.91 Å². The Labute approximate surface area is 173 Å². The van der Waals surface area contributed by atoms with E-state index in [1.807, 2.05) is 44.2 Å². The van der Waals surface area contributed by atoms with Crippen molar-refractivity contribution < 1.29 is 14.3 Å². The molecule has 1 aliphatic heterocycles. The minimum absolute atomic E-state index is 0.169. The predicted octanol–water partition coefficient (Wildman–Crippen LogP) is 5.46. The van der Waals surface area contributed by atoms with Crippen molar-refractivity contribution in [2.45, 2.75) is 13.8 Å². The van der Waals surface area contributed by atoms with E-state index in [9.17, 15) is 4.79 Å². The third kappa shape index (κ3) is 4.13. The van der Waals surface area contributed by atoms with Crippen LogP contribution >= 0.6 is 35.6 Å². The van der Waals surface area contributed by atoms with Crippen LogP contribution in [0.4, 0.5) is 5.69 Å². The van der Waals surface area contributed by atoms with Gasteiger partial charge in [-0.05, 0) is 55.3 Å². The molecule has 2 aromatic carbocycles. The van der Waals surface area contributed by atoms with E-state index >= 15 is 0 Å². The second-order valence-electron chi connectivity index (χ2n) is 5.79. The molecule has 1 aliphatic rings. The number of methoxy groups -OCH3 is 1. The molecule has 0 N–H and O–H groups in total. The summed E-state index contributed by atoms with van der Waals surface area (Å²) >= 11 is 12.9. The highest BCUT2D eigenvalue weighted by Crippen LogP contribution is 2.38. The van der Waals surface area contributed by atoms with Crippen molar-refractivity contribution in [3.05, 3.63) is 57.5 Å². The van der Waals surface area contributed by atoms with E-state index in [2.05, 4.69) is 0 Å². The zero-order valence-corrected chi connectivity index (χ0v) is 17.5.